The van der Waals surface area contributed by atoms with Gasteiger partial charge in [-0.1, -0.05) is 22.0 Å². The van der Waals surface area contributed by atoms with Gasteiger partial charge in [0.2, 0.25) is 6.20 Å². The maximum absolute atomic E-state index is 12.0. The molecule has 9 heteroatoms. The number of benzene rings is 2. The Morgan fingerprint density at radius 2 is 1.88 bits per heavy atom. The highest BCUT2D eigenvalue weighted by Crippen LogP contribution is 2.30. The van der Waals surface area contributed by atoms with E-state index in [1.165, 1.54) is 25.3 Å². The van der Waals surface area contributed by atoms with Gasteiger partial charge in [-0.2, -0.15) is 0 Å². The molecule has 0 atom stereocenters. The van der Waals surface area contributed by atoms with Crippen LogP contribution in [0.1, 0.15) is 5.56 Å². The highest BCUT2D eigenvalue weighted by Gasteiger charge is 2.12. The summed E-state index contributed by atoms with van der Waals surface area (Å²) in [5.74, 6) is 0.340. The lowest BCUT2D eigenvalue weighted by Crippen LogP contribution is -2.18. The molecule has 0 aliphatic carbocycles. The molecule has 0 radical (unpaired) electrons. The number of nitrogens with zero attached hydrogens (tertiary/aromatic N) is 1. The molecule has 2 aromatic rings. The molecule has 0 saturated carbocycles. The highest BCUT2D eigenvalue weighted by molar-refractivity contribution is 9.11. The van der Waals surface area contributed by atoms with Gasteiger partial charge in [0.25, 0.3) is 0 Å². The summed E-state index contributed by atoms with van der Waals surface area (Å²) in [6, 6.07) is 9.86. The Hall–Kier alpha value is -2.39. The van der Waals surface area contributed by atoms with E-state index in [0.717, 1.165) is 10.7 Å². The number of esters is 1. The summed E-state index contributed by atoms with van der Waals surface area (Å²) in [4.78, 5) is 21.8. The molecule has 0 heterocycles. The molecule has 0 unspecified atom stereocenters. The van der Waals surface area contributed by atoms with Crippen LogP contribution in [0.25, 0.3) is 6.08 Å². The third kappa shape index (κ3) is 5.85. The monoisotopic (exact) mass is 485 g/mol. The minimum atomic E-state index is -0.619. The molecule has 0 aliphatic heterocycles. The summed E-state index contributed by atoms with van der Waals surface area (Å²) < 4.78 is 17.4. The van der Waals surface area contributed by atoms with Gasteiger partial charge in [-0.25, -0.2) is 4.79 Å². The number of ether oxygens (including phenoxy) is 3. The number of carbonyl (C=O) groups excluding carboxylic acids is 1. The summed E-state index contributed by atoms with van der Waals surface area (Å²) in [6.45, 7) is -0.299. The first kappa shape index (κ1) is 19.9. The molecule has 2 rings (SSSR count). The average molecular weight is 487 g/mol. The molecule has 26 heavy (non-hydrogen) atoms. The van der Waals surface area contributed by atoms with Crippen LogP contribution in [-0.4, -0.2) is 24.6 Å². The van der Waals surface area contributed by atoms with Crippen LogP contribution >= 0.6 is 31.9 Å². The topological polar surface area (TPSA) is 87.9 Å². The molecular weight excluding hydrogens is 474 g/mol. The summed E-state index contributed by atoms with van der Waals surface area (Å²) in [5.41, 5.74) is 0.536. The Bertz CT molecular complexity index is 853. The van der Waals surface area contributed by atoms with E-state index in [1.54, 1.807) is 24.3 Å². The number of rotatable bonds is 7. The van der Waals surface area contributed by atoms with Crippen molar-refractivity contribution in [2.24, 2.45) is 0 Å². The molecule has 0 spiro atoms. The van der Waals surface area contributed by atoms with Crippen molar-refractivity contribution >= 4 is 43.9 Å². The number of nitro groups is 1. The van der Waals surface area contributed by atoms with Gasteiger partial charge in [0.05, 0.1) is 16.5 Å². The first-order valence-corrected chi connectivity index (χ1v) is 8.76. The van der Waals surface area contributed by atoms with Crippen LogP contribution in [0.4, 0.5) is 0 Å². The van der Waals surface area contributed by atoms with Crippen molar-refractivity contribution in [2.75, 3.05) is 13.7 Å². The zero-order chi connectivity index (χ0) is 19.1. The number of methoxy groups -OCH3 is 1. The second-order valence-corrected chi connectivity index (χ2v) is 6.62. The van der Waals surface area contributed by atoms with Crippen LogP contribution in [0.15, 0.2) is 51.5 Å². The van der Waals surface area contributed by atoms with Crippen molar-refractivity contribution in [1.82, 2.24) is 0 Å². The molecule has 2 aromatic carbocycles. The lowest BCUT2D eigenvalue weighted by atomic mass is 10.2. The van der Waals surface area contributed by atoms with Crippen LogP contribution in [-0.2, 0) is 4.79 Å². The predicted molar refractivity (Wildman–Crippen MR) is 102 cm³/mol. The van der Waals surface area contributed by atoms with E-state index in [2.05, 4.69) is 31.9 Å². The van der Waals surface area contributed by atoms with E-state index in [-0.39, 0.29) is 18.1 Å². The van der Waals surface area contributed by atoms with Gasteiger partial charge in [-0.15, -0.1) is 0 Å². The summed E-state index contributed by atoms with van der Waals surface area (Å²) in [7, 11) is 1.41. The summed E-state index contributed by atoms with van der Waals surface area (Å²) in [5, 5.41) is 10.4. The lowest BCUT2D eigenvalue weighted by Gasteiger charge is -2.11. The fourth-order valence-corrected chi connectivity index (χ4v) is 3.06. The SMILES string of the molecule is COc1cc(C=C[N+](=O)[O-])ccc1OC(=O)COc1ccc(Br)cc1Br. The molecular formula is C17H13Br2NO6. The Balaban J connectivity index is 2.02. The highest BCUT2D eigenvalue weighted by atomic mass is 79.9. The molecule has 0 aliphatic rings. The number of carbonyl (C=O) groups is 1. The van der Waals surface area contributed by atoms with Gasteiger partial charge in [0, 0.05) is 10.5 Å². The van der Waals surface area contributed by atoms with E-state index in [9.17, 15) is 14.9 Å². The van der Waals surface area contributed by atoms with Crippen molar-refractivity contribution in [3.63, 3.8) is 0 Å². The summed E-state index contributed by atoms with van der Waals surface area (Å²) >= 11 is 6.67. The molecule has 0 amide bonds. The third-order valence-corrected chi connectivity index (χ3v) is 4.15. The van der Waals surface area contributed by atoms with Crippen molar-refractivity contribution in [1.29, 1.82) is 0 Å². The molecule has 0 N–H and O–H groups in total. The molecule has 0 saturated heterocycles. The van der Waals surface area contributed by atoms with Gasteiger partial charge in [0.15, 0.2) is 18.1 Å². The quantitative estimate of drug-likeness (QED) is 0.248. The van der Waals surface area contributed by atoms with E-state index < -0.39 is 10.9 Å². The van der Waals surface area contributed by atoms with Crippen LogP contribution in [0.3, 0.4) is 0 Å². The minimum absolute atomic E-state index is 0.189. The largest absolute Gasteiger partial charge is 0.493 e. The molecule has 136 valence electrons. The first-order valence-electron chi connectivity index (χ1n) is 7.17. The van der Waals surface area contributed by atoms with Gasteiger partial charge < -0.3 is 14.2 Å². The molecule has 7 nitrogen and oxygen atoms in total. The third-order valence-electron chi connectivity index (χ3n) is 3.04. The summed E-state index contributed by atoms with van der Waals surface area (Å²) in [6.07, 6.45) is 2.12. The van der Waals surface area contributed by atoms with Gasteiger partial charge in [-0.3, -0.25) is 10.1 Å². The molecule has 0 aromatic heterocycles. The fraction of sp³-hybridized carbons (Fsp3) is 0.118. The van der Waals surface area contributed by atoms with E-state index in [0.29, 0.717) is 15.8 Å². The van der Waals surface area contributed by atoms with E-state index >= 15 is 0 Å². The standard InChI is InChI=1S/C17H13Br2NO6/c1-24-16-8-11(6-7-20(22)23)2-4-15(16)26-17(21)10-25-14-5-3-12(18)9-13(14)19/h2-9H,10H2,1H3. The lowest BCUT2D eigenvalue weighted by molar-refractivity contribution is -0.400. The number of hydrogen-bond donors (Lipinski definition) is 0. The number of hydrogen-bond acceptors (Lipinski definition) is 6. The maximum Gasteiger partial charge on any atom is 0.349 e. The van der Waals surface area contributed by atoms with E-state index in [1.807, 2.05) is 0 Å². The zero-order valence-electron chi connectivity index (χ0n) is 13.5. The van der Waals surface area contributed by atoms with Crippen LogP contribution < -0.4 is 14.2 Å². The van der Waals surface area contributed by atoms with Crippen LogP contribution in [0, 0.1) is 10.1 Å². The maximum atomic E-state index is 12.0. The van der Waals surface area contributed by atoms with Crippen LogP contribution in [0.5, 0.6) is 17.2 Å². The van der Waals surface area contributed by atoms with Crippen molar-refractivity contribution < 1.29 is 23.9 Å². The second-order valence-electron chi connectivity index (χ2n) is 4.85. The predicted octanol–water partition coefficient (Wildman–Crippen LogP) is 4.45. The van der Waals surface area contributed by atoms with E-state index in [4.69, 9.17) is 14.2 Å². The Labute approximate surface area is 166 Å². The first-order chi connectivity index (χ1) is 12.4. The van der Waals surface area contributed by atoms with Crippen LogP contribution in [0.2, 0.25) is 0 Å². The number of halogens is 2. The van der Waals surface area contributed by atoms with Gasteiger partial charge in [-0.05, 0) is 51.8 Å². The normalized spacial score (nSPS) is 10.6. The van der Waals surface area contributed by atoms with Crippen molar-refractivity contribution in [2.45, 2.75) is 0 Å². The van der Waals surface area contributed by atoms with Crippen molar-refractivity contribution in [3.05, 3.63) is 67.2 Å². The fourth-order valence-electron chi connectivity index (χ4n) is 1.90. The average Bonchev–Trinajstić information content (AvgIpc) is 2.60. The van der Waals surface area contributed by atoms with Crippen molar-refractivity contribution in [3.8, 4) is 17.2 Å². The van der Waals surface area contributed by atoms with Gasteiger partial charge in [0.1, 0.15) is 5.75 Å². The minimum Gasteiger partial charge on any atom is -0.493 e. The van der Waals surface area contributed by atoms with Gasteiger partial charge >= 0.3 is 5.97 Å². The Morgan fingerprint density at radius 1 is 1.15 bits per heavy atom. The second kappa shape index (κ2) is 9.35. The smallest absolute Gasteiger partial charge is 0.349 e. The Kier molecular flexibility index (Phi) is 7.16. The molecule has 0 fully saturated rings. The molecule has 0 bridgehead atoms. The zero-order valence-corrected chi connectivity index (χ0v) is 16.7. The Morgan fingerprint density at radius 3 is 2.54 bits per heavy atom.